The predicted octanol–water partition coefficient (Wildman–Crippen LogP) is 8.82. The number of fused-ring (bicyclic) bond motifs is 1. The summed E-state index contributed by atoms with van der Waals surface area (Å²) in [7, 11) is 1.88. The Bertz CT molecular complexity index is 2910. The standard InChI is InChI=1S/C62H82BrN9O11S/c1-42(2)55(72-39-47-13-5-6-16-51(47)60(72)76)61(77)71-40-49(73)36-53(71)58(74)65-37-46-18-17-45(56-43(3)67-41-84-56)35-54(46)83-32-12-30-79-26-10-28-81-34-33-80-27-9-25-78-29-11-31-82-50-21-19-48(20-22-50)68-62-66-38-52(63)57(69-62)64-23-8-24-70(4)59(75)44-14-7-15-44/h5-6,13,16-22,35,38,41-42,44,49,53,55,73H,7-12,14-15,23-34,36-37,39-40H2,1-4H3,(H,65,74)(H2,64,66,68,69)/t49-,53+,55+/m1/s1. The van der Waals surface area contributed by atoms with Crippen LogP contribution in [-0.2, 0) is 46.4 Å². The summed E-state index contributed by atoms with van der Waals surface area (Å²) in [6.45, 7) is 12.9. The van der Waals surface area contributed by atoms with Crippen molar-refractivity contribution in [2.45, 2.75) is 110 Å². The average molecular weight is 1240 g/mol. The Morgan fingerprint density at radius 2 is 1.52 bits per heavy atom. The van der Waals surface area contributed by atoms with Crippen LogP contribution in [0.15, 0.2) is 82.9 Å². The van der Waals surface area contributed by atoms with Gasteiger partial charge < -0.3 is 64.2 Å². The number of aliphatic hydroxyl groups is 1. The zero-order valence-electron chi connectivity index (χ0n) is 48.9. The molecule has 454 valence electrons. The third-order valence-electron chi connectivity index (χ3n) is 15.0. The van der Waals surface area contributed by atoms with Crippen molar-refractivity contribution in [3.8, 4) is 21.9 Å². The van der Waals surface area contributed by atoms with Gasteiger partial charge in [0, 0.05) is 128 Å². The molecule has 0 bridgehead atoms. The van der Waals surface area contributed by atoms with E-state index in [0.29, 0.717) is 115 Å². The summed E-state index contributed by atoms with van der Waals surface area (Å²) >= 11 is 5.07. The average Bonchev–Trinajstić information content (AvgIpc) is 4.30. The van der Waals surface area contributed by atoms with E-state index in [1.165, 1.54) is 4.90 Å². The van der Waals surface area contributed by atoms with Crippen LogP contribution in [0.4, 0.5) is 17.5 Å². The number of β-amino-alcohol motifs (C(OH)–C–C–N with tert-alkyl or cyclic N) is 1. The number of aliphatic hydroxyl groups excluding tert-OH is 1. The molecule has 1 aliphatic carbocycles. The van der Waals surface area contributed by atoms with Gasteiger partial charge in [-0.1, -0.05) is 50.6 Å². The number of ether oxygens (including phenoxy) is 6. The van der Waals surface area contributed by atoms with Crippen molar-refractivity contribution >= 4 is 68.3 Å². The number of anilines is 3. The van der Waals surface area contributed by atoms with Crippen molar-refractivity contribution in [1.29, 1.82) is 0 Å². The van der Waals surface area contributed by atoms with Crippen LogP contribution in [-0.4, -0.2) is 169 Å². The van der Waals surface area contributed by atoms with Gasteiger partial charge in [-0.3, -0.25) is 19.2 Å². The lowest BCUT2D eigenvalue weighted by molar-refractivity contribution is -0.143. The molecule has 0 unspecified atom stereocenters. The topological polar surface area (TPSA) is 228 Å². The van der Waals surface area contributed by atoms with Gasteiger partial charge in [0.1, 0.15) is 29.4 Å². The highest BCUT2D eigenvalue weighted by Gasteiger charge is 2.46. The molecule has 20 nitrogen and oxygen atoms in total. The third kappa shape index (κ3) is 18.4. The fourth-order valence-electron chi connectivity index (χ4n) is 10.3. The number of thiazole rings is 1. The molecule has 2 aliphatic heterocycles. The Kier molecular flexibility index (Phi) is 24.9. The van der Waals surface area contributed by atoms with E-state index in [2.05, 4.69) is 46.8 Å². The number of benzene rings is 3. The van der Waals surface area contributed by atoms with E-state index in [0.717, 1.165) is 88.1 Å². The second-order valence-electron chi connectivity index (χ2n) is 21.8. The van der Waals surface area contributed by atoms with Crippen molar-refractivity contribution in [3.05, 3.63) is 105 Å². The number of aryl methyl sites for hydroxylation is 1. The monoisotopic (exact) mass is 1240 g/mol. The summed E-state index contributed by atoms with van der Waals surface area (Å²) in [6.07, 6.45) is 7.87. The van der Waals surface area contributed by atoms with Gasteiger partial charge >= 0.3 is 0 Å². The van der Waals surface area contributed by atoms with Crippen molar-refractivity contribution in [1.82, 2.24) is 35.0 Å². The number of hydrogen-bond acceptors (Lipinski definition) is 17. The number of aromatic nitrogens is 3. The normalized spacial score (nSPS) is 16.2. The highest BCUT2D eigenvalue weighted by molar-refractivity contribution is 9.10. The second-order valence-corrected chi connectivity index (χ2v) is 23.5. The highest BCUT2D eigenvalue weighted by atomic mass is 79.9. The molecule has 22 heteroatoms. The van der Waals surface area contributed by atoms with Crippen molar-refractivity contribution in [2.75, 3.05) is 103 Å². The molecule has 84 heavy (non-hydrogen) atoms. The molecule has 1 saturated carbocycles. The number of amides is 4. The number of carbonyl (C=O) groups excluding carboxylic acids is 4. The van der Waals surface area contributed by atoms with E-state index in [9.17, 15) is 24.3 Å². The second kappa shape index (κ2) is 32.9. The lowest BCUT2D eigenvalue weighted by atomic mass is 9.84. The number of carbonyl (C=O) groups is 4. The Labute approximate surface area is 505 Å². The van der Waals surface area contributed by atoms with Crippen LogP contribution < -0.4 is 25.4 Å². The molecule has 4 N–H and O–H groups in total. The number of nitrogens with one attached hydrogen (secondary N) is 3. The number of nitrogens with zero attached hydrogens (tertiary/aromatic N) is 6. The Balaban J connectivity index is 0.638. The fraction of sp³-hybridized carbons (Fsp3) is 0.532. The minimum atomic E-state index is -0.900. The Hall–Kier alpha value is -6.27. The maximum Gasteiger partial charge on any atom is 0.255 e. The van der Waals surface area contributed by atoms with E-state index in [-0.39, 0.29) is 55.0 Å². The van der Waals surface area contributed by atoms with Crippen LogP contribution in [0.5, 0.6) is 11.5 Å². The van der Waals surface area contributed by atoms with Gasteiger partial charge in [-0.05, 0) is 108 Å². The van der Waals surface area contributed by atoms with E-state index < -0.39 is 18.2 Å². The first-order valence-electron chi connectivity index (χ1n) is 29.5. The molecular weight excluding hydrogens is 1160 g/mol. The fourth-order valence-corrected chi connectivity index (χ4v) is 11.4. The molecule has 3 atom stereocenters. The first-order valence-corrected chi connectivity index (χ1v) is 31.2. The van der Waals surface area contributed by atoms with Gasteiger partial charge in [0.25, 0.3) is 5.91 Å². The molecule has 0 spiro atoms. The zero-order chi connectivity index (χ0) is 59.2. The summed E-state index contributed by atoms with van der Waals surface area (Å²) in [5, 5.41) is 20.4. The smallest absolute Gasteiger partial charge is 0.255 e. The molecule has 4 heterocycles. The largest absolute Gasteiger partial charge is 0.494 e. The molecule has 3 aliphatic rings. The van der Waals surface area contributed by atoms with Gasteiger partial charge in [-0.2, -0.15) is 4.98 Å². The molecule has 2 fully saturated rings. The van der Waals surface area contributed by atoms with Gasteiger partial charge in [0.15, 0.2) is 0 Å². The minimum Gasteiger partial charge on any atom is -0.494 e. The highest BCUT2D eigenvalue weighted by Crippen LogP contribution is 2.34. The van der Waals surface area contributed by atoms with Gasteiger partial charge in [0.05, 0.1) is 53.1 Å². The summed E-state index contributed by atoms with van der Waals surface area (Å²) in [6, 6.07) is 19.2. The van der Waals surface area contributed by atoms with Crippen LogP contribution in [0.1, 0.15) is 98.8 Å². The summed E-state index contributed by atoms with van der Waals surface area (Å²) in [5.41, 5.74) is 6.72. The maximum atomic E-state index is 14.3. The van der Waals surface area contributed by atoms with Crippen LogP contribution in [0, 0.1) is 18.8 Å². The summed E-state index contributed by atoms with van der Waals surface area (Å²) in [4.78, 5) is 73.4. The lowest BCUT2D eigenvalue weighted by Crippen LogP contribution is -2.55. The summed E-state index contributed by atoms with van der Waals surface area (Å²) in [5.74, 6) is 1.85. The van der Waals surface area contributed by atoms with E-state index >= 15 is 0 Å². The van der Waals surface area contributed by atoms with Crippen LogP contribution in [0.25, 0.3) is 10.4 Å². The van der Waals surface area contributed by atoms with E-state index in [1.54, 1.807) is 28.5 Å². The van der Waals surface area contributed by atoms with Crippen LogP contribution >= 0.6 is 27.3 Å². The molecule has 5 aromatic rings. The quantitative estimate of drug-likeness (QED) is 0.0275. The number of rotatable bonds is 36. The van der Waals surface area contributed by atoms with Gasteiger partial charge in [-0.25, -0.2) is 9.97 Å². The Morgan fingerprint density at radius 3 is 2.18 bits per heavy atom. The third-order valence-corrected chi connectivity index (χ3v) is 16.6. The first kappa shape index (κ1) is 63.7. The molecule has 3 aromatic carbocycles. The zero-order valence-corrected chi connectivity index (χ0v) is 51.3. The molecule has 4 amide bonds. The van der Waals surface area contributed by atoms with Crippen molar-refractivity contribution in [3.63, 3.8) is 0 Å². The molecule has 0 radical (unpaired) electrons. The van der Waals surface area contributed by atoms with Gasteiger partial charge in [-0.15, -0.1) is 11.3 Å². The van der Waals surface area contributed by atoms with E-state index in [4.69, 9.17) is 28.4 Å². The molecule has 8 rings (SSSR count). The molecule has 2 aromatic heterocycles. The summed E-state index contributed by atoms with van der Waals surface area (Å²) < 4.78 is 36.1. The minimum absolute atomic E-state index is 0.00640. The molecule has 1 saturated heterocycles. The Morgan fingerprint density at radius 1 is 0.845 bits per heavy atom. The predicted molar refractivity (Wildman–Crippen MR) is 325 cm³/mol. The number of halogens is 1. The number of likely N-dealkylation sites (tertiary alicyclic amines) is 1. The van der Waals surface area contributed by atoms with Crippen LogP contribution in [0.3, 0.4) is 0 Å². The van der Waals surface area contributed by atoms with Crippen molar-refractivity contribution < 1.29 is 52.7 Å². The maximum absolute atomic E-state index is 14.3. The van der Waals surface area contributed by atoms with E-state index in [1.807, 2.05) is 98.9 Å². The van der Waals surface area contributed by atoms with Crippen molar-refractivity contribution in [2.24, 2.45) is 11.8 Å². The van der Waals surface area contributed by atoms with Gasteiger partial charge in [0.2, 0.25) is 23.7 Å². The first-order chi connectivity index (χ1) is 40.8. The number of hydrogen-bond donors (Lipinski definition) is 4. The SMILES string of the molecule is Cc1ncsc1-c1ccc(CNC(=O)[C@@H]2C[C@@H](O)CN2C(=O)[C@H](C(C)C)N2Cc3ccccc3C2=O)c(OCCCOCCCOCCOCCCOCCCOc2ccc(Nc3ncc(Br)c(NCCCN(C)C(=O)C4CCC4)n3)cc2)c1. The van der Waals surface area contributed by atoms with Crippen LogP contribution in [0.2, 0.25) is 0 Å². The lowest BCUT2D eigenvalue weighted by Gasteiger charge is -2.35. The molecular formula is C62H82BrN9O11S.